The van der Waals surface area contributed by atoms with Crippen LogP contribution in [0.1, 0.15) is 49.8 Å². The Balaban J connectivity index is 1.69. The van der Waals surface area contributed by atoms with Crippen LogP contribution < -0.4 is 4.74 Å². The van der Waals surface area contributed by atoms with Crippen molar-refractivity contribution in [3.8, 4) is 5.75 Å². The first-order valence-corrected chi connectivity index (χ1v) is 8.59. The summed E-state index contributed by atoms with van der Waals surface area (Å²) in [7, 11) is 2.16. The van der Waals surface area contributed by atoms with E-state index in [9.17, 15) is 0 Å². The molecule has 0 radical (unpaired) electrons. The average molecular weight is 310 g/mol. The Kier molecular flexibility index (Phi) is 5.29. The number of hydrogen-bond donors (Lipinski definition) is 0. The second kappa shape index (κ2) is 7.60. The third kappa shape index (κ3) is 4.11. The maximum Gasteiger partial charge on any atom is 0.124 e. The number of rotatable bonds is 6. The van der Waals surface area contributed by atoms with Crippen LogP contribution in [0.25, 0.3) is 0 Å². The zero-order valence-corrected chi connectivity index (χ0v) is 14.1. The van der Waals surface area contributed by atoms with Gasteiger partial charge in [-0.15, -0.1) is 0 Å². The van der Waals surface area contributed by atoms with Crippen molar-refractivity contribution in [1.82, 2.24) is 9.88 Å². The number of hydrogen-bond acceptors (Lipinski definition) is 3. The molecular weight excluding hydrogens is 284 g/mol. The third-order valence-corrected chi connectivity index (χ3v) is 4.84. The molecule has 1 atom stereocenters. The van der Waals surface area contributed by atoms with Gasteiger partial charge in [0.25, 0.3) is 0 Å². The molecule has 0 N–H and O–H groups in total. The first-order chi connectivity index (χ1) is 11.2. The molecule has 1 heterocycles. The van der Waals surface area contributed by atoms with Gasteiger partial charge in [-0.2, -0.15) is 0 Å². The molecule has 0 spiro atoms. The highest BCUT2D eigenvalue weighted by atomic mass is 16.5. The molecular formula is C20H26N2O. The molecule has 1 aliphatic rings. The quantitative estimate of drug-likeness (QED) is 0.780. The van der Waals surface area contributed by atoms with Crippen LogP contribution in [0.15, 0.2) is 48.8 Å². The summed E-state index contributed by atoms with van der Waals surface area (Å²) in [4.78, 5) is 6.46. The van der Waals surface area contributed by atoms with Crippen LogP contribution in [0.2, 0.25) is 0 Å². The number of benzene rings is 1. The van der Waals surface area contributed by atoms with Crippen LogP contribution in [0.5, 0.6) is 5.75 Å². The lowest BCUT2D eigenvalue weighted by atomic mass is 10.1. The van der Waals surface area contributed by atoms with Gasteiger partial charge >= 0.3 is 0 Å². The van der Waals surface area contributed by atoms with Gasteiger partial charge in [-0.3, -0.25) is 9.88 Å². The largest absolute Gasteiger partial charge is 0.490 e. The first kappa shape index (κ1) is 16.0. The number of nitrogens with zero attached hydrogens (tertiary/aromatic N) is 2. The maximum atomic E-state index is 6.26. The topological polar surface area (TPSA) is 25.4 Å². The number of aromatic nitrogens is 1. The van der Waals surface area contributed by atoms with Crippen molar-refractivity contribution >= 4 is 0 Å². The Morgan fingerprint density at radius 1 is 1.13 bits per heavy atom. The molecule has 122 valence electrons. The molecule has 1 saturated carbocycles. The van der Waals surface area contributed by atoms with Crippen molar-refractivity contribution in [3.05, 3.63) is 59.9 Å². The summed E-state index contributed by atoms with van der Waals surface area (Å²) in [5.41, 5.74) is 2.56. The van der Waals surface area contributed by atoms with Crippen molar-refractivity contribution in [2.75, 3.05) is 7.05 Å². The Morgan fingerprint density at radius 2 is 1.83 bits per heavy atom. The van der Waals surface area contributed by atoms with Crippen molar-refractivity contribution in [1.29, 1.82) is 0 Å². The van der Waals surface area contributed by atoms with Crippen LogP contribution in [0.4, 0.5) is 0 Å². The number of para-hydroxylation sites is 1. The summed E-state index contributed by atoms with van der Waals surface area (Å²) < 4.78 is 6.26. The monoisotopic (exact) mass is 310 g/mol. The van der Waals surface area contributed by atoms with Gasteiger partial charge < -0.3 is 4.74 Å². The molecule has 3 heteroatoms. The van der Waals surface area contributed by atoms with E-state index < -0.39 is 0 Å². The van der Waals surface area contributed by atoms with Crippen LogP contribution in [0, 0.1) is 0 Å². The van der Waals surface area contributed by atoms with Crippen LogP contribution in [-0.2, 0) is 6.54 Å². The van der Waals surface area contributed by atoms with E-state index in [-0.39, 0.29) is 0 Å². The SMILES string of the molecule is CC(c1ccncc1)N(C)Cc1ccccc1OC1CCCC1. The van der Waals surface area contributed by atoms with E-state index >= 15 is 0 Å². The van der Waals surface area contributed by atoms with Gasteiger partial charge in [-0.1, -0.05) is 18.2 Å². The highest BCUT2D eigenvalue weighted by Crippen LogP contribution is 2.28. The normalized spacial score (nSPS) is 16.7. The summed E-state index contributed by atoms with van der Waals surface area (Å²) in [6, 6.07) is 13.0. The molecule has 2 aromatic rings. The highest BCUT2D eigenvalue weighted by Gasteiger charge is 2.19. The van der Waals surface area contributed by atoms with Crippen LogP contribution >= 0.6 is 0 Å². The zero-order valence-electron chi connectivity index (χ0n) is 14.1. The molecule has 0 amide bonds. The van der Waals surface area contributed by atoms with E-state index in [4.69, 9.17) is 4.74 Å². The van der Waals surface area contributed by atoms with Gasteiger partial charge in [0.05, 0.1) is 6.10 Å². The third-order valence-electron chi connectivity index (χ3n) is 4.84. The fourth-order valence-corrected chi connectivity index (χ4v) is 3.24. The Morgan fingerprint density at radius 3 is 2.57 bits per heavy atom. The van der Waals surface area contributed by atoms with E-state index in [1.54, 1.807) is 0 Å². The fourth-order valence-electron chi connectivity index (χ4n) is 3.24. The molecule has 3 nitrogen and oxygen atoms in total. The number of pyridine rings is 1. The molecule has 1 aromatic heterocycles. The Bertz CT molecular complexity index is 608. The lowest BCUT2D eigenvalue weighted by Crippen LogP contribution is -2.23. The summed E-state index contributed by atoms with van der Waals surface area (Å²) in [5, 5.41) is 0. The lowest BCUT2D eigenvalue weighted by Gasteiger charge is -2.26. The van der Waals surface area contributed by atoms with Crippen molar-refractivity contribution in [3.63, 3.8) is 0 Å². The molecule has 0 bridgehead atoms. The van der Waals surface area contributed by atoms with Gasteiger partial charge in [-0.25, -0.2) is 0 Å². The van der Waals surface area contributed by atoms with E-state index in [2.05, 4.69) is 60.3 Å². The summed E-state index contributed by atoms with van der Waals surface area (Å²) in [5.74, 6) is 1.05. The minimum absolute atomic E-state index is 0.345. The fraction of sp³-hybridized carbons (Fsp3) is 0.450. The van der Waals surface area contributed by atoms with Crippen LogP contribution in [0.3, 0.4) is 0 Å². The second-order valence-corrected chi connectivity index (χ2v) is 6.50. The molecule has 0 saturated heterocycles. The van der Waals surface area contributed by atoms with Crippen molar-refractivity contribution in [2.24, 2.45) is 0 Å². The first-order valence-electron chi connectivity index (χ1n) is 8.59. The predicted octanol–water partition coefficient (Wildman–Crippen LogP) is 4.60. The smallest absolute Gasteiger partial charge is 0.124 e. The van der Waals surface area contributed by atoms with Gasteiger partial charge in [0.1, 0.15) is 5.75 Å². The van der Waals surface area contributed by atoms with E-state index in [0.717, 1.165) is 12.3 Å². The molecule has 1 aromatic carbocycles. The van der Waals surface area contributed by atoms with Crippen molar-refractivity contribution in [2.45, 2.75) is 51.3 Å². The highest BCUT2D eigenvalue weighted by molar-refractivity contribution is 5.33. The number of ether oxygens (including phenoxy) is 1. The second-order valence-electron chi connectivity index (χ2n) is 6.50. The van der Waals surface area contributed by atoms with Gasteiger partial charge in [-0.05, 0) is 63.4 Å². The molecule has 23 heavy (non-hydrogen) atoms. The van der Waals surface area contributed by atoms with Crippen LogP contribution in [-0.4, -0.2) is 23.0 Å². The van der Waals surface area contributed by atoms with E-state index in [0.29, 0.717) is 12.1 Å². The summed E-state index contributed by atoms with van der Waals surface area (Å²) >= 11 is 0. The molecule has 0 aliphatic heterocycles. The Labute approximate surface area is 139 Å². The predicted molar refractivity (Wildman–Crippen MR) is 93.4 cm³/mol. The maximum absolute atomic E-state index is 6.26. The summed E-state index contributed by atoms with van der Waals surface area (Å²) in [6.07, 6.45) is 9.10. The lowest BCUT2D eigenvalue weighted by molar-refractivity contribution is 0.199. The average Bonchev–Trinajstić information content (AvgIpc) is 3.10. The molecule has 1 fully saturated rings. The Hall–Kier alpha value is -1.87. The minimum Gasteiger partial charge on any atom is -0.490 e. The van der Waals surface area contributed by atoms with Gasteiger partial charge in [0.15, 0.2) is 0 Å². The van der Waals surface area contributed by atoms with Crippen molar-refractivity contribution < 1.29 is 4.74 Å². The minimum atomic E-state index is 0.345. The molecule has 1 aliphatic carbocycles. The van der Waals surface area contributed by atoms with E-state index in [1.807, 2.05) is 12.4 Å². The molecule has 3 rings (SSSR count). The van der Waals surface area contributed by atoms with Gasteiger partial charge in [0.2, 0.25) is 0 Å². The summed E-state index contributed by atoms with van der Waals surface area (Å²) in [6.45, 7) is 3.11. The van der Waals surface area contributed by atoms with E-state index in [1.165, 1.54) is 36.8 Å². The molecule has 1 unspecified atom stereocenters. The standard InChI is InChI=1S/C20H26N2O/c1-16(17-11-13-21-14-12-17)22(2)15-18-7-3-6-10-20(18)23-19-8-4-5-9-19/h3,6-7,10-14,16,19H,4-5,8-9,15H2,1-2H3. The van der Waals surface area contributed by atoms with Gasteiger partial charge in [0, 0.05) is 30.5 Å². The zero-order chi connectivity index (χ0) is 16.1.